The van der Waals surface area contributed by atoms with Gasteiger partial charge in [-0.3, -0.25) is 4.79 Å². The summed E-state index contributed by atoms with van der Waals surface area (Å²) in [5.41, 5.74) is 1.67. The van der Waals surface area contributed by atoms with E-state index in [1.807, 2.05) is 6.92 Å². The standard InChI is InChI=1S/C29H41NO5/c1-3-5-6-7-8-9-10-11-12-13-14-15-16-17-18-19-28(31)34-23-24(4-2)35-29(32)26-22-27-25(30-26)20-21-33-27/h5-6,8-9,11-12,20-22,24,30H,3-4,7,10,13-19,23H2,1-2H3/b6-5+,9-8+,12-11+. The maximum Gasteiger partial charge on any atom is 0.355 e. The van der Waals surface area contributed by atoms with E-state index in [-0.39, 0.29) is 12.6 Å². The van der Waals surface area contributed by atoms with Crippen LogP contribution in [-0.4, -0.2) is 29.6 Å². The summed E-state index contributed by atoms with van der Waals surface area (Å²) in [6, 6.07) is 3.36. The smallest absolute Gasteiger partial charge is 0.355 e. The predicted molar refractivity (Wildman–Crippen MR) is 140 cm³/mol. The normalized spacial score (nSPS) is 12.9. The number of nitrogens with one attached hydrogen (secondary N) is 1. The zero-order valence-corrected chi connectivity index (χ0v) is 21.3. The van der Waals surface area contributed by atoms with Crippen LogP contribution in [0, 0.1) is 0 Å². The van der Waals surface area contributed by atoms with Crippen LogP contribution in [-0.2, 0) is 14.3 Å². The summed E-state index contributed by atoms with van der Waals surface area (Å²) in [7, 11) is 0. The molecule has 6 heteroatoms. The molecule has 0 aromatic carbocycles. The maximum absolute atomic E-state index is 12.3. The number of ether oxygens (including phenoxy) is 2. The molecule has 2 aromatic rings. The molecule has 0 aliphatic heterocycles. The zero-order valence-electron chi connectivity index (χ0n) is 21.3. The molecule has 0 bridgehead atoms. The SMILES string of the molecule is CC/C=C/C/C=C/C/C=C/CCCCCCCC(=O)OCC(CC)OC(=O)c1cc2occc2[nH]1. The van der Waals surface area contributed by atoms with Crippen LogP contribution in [0.5, 0.6) is 0 Å². The highest BCUT2D eigenvalue weighted by atomic mass is 16.6. The number of allylic oxidation sites excluding steroid dienone is 6. The third kappa shape index (κ3) is 11.8. The predicted octanol–water partition coefficient (Wildman–Crippen LogP) is 7.83. The lowest BCUT2D eigenvalue weighted by molar-refractivity contribution is -0.147. The van der Waals surface area contributed by atoms with Gasteiger partial charge in [0.05, 0.1) is 11.8 Å². The van der Waals surface area contributed by atoms with Gasteiger partial charge in [-0.25, -0.2) is 4.79 Å². The van der Waals surface area contributed by atoms with Gasteiger partial charge in [0.2, 0.25) is 0 Å². The first-order valence-electron chi connectivity index (χ1n) is 13.0. The van der Waals surface area contributed by atoms with E-state index in [0.29, 0.717) is 24.1 Å². The summed E-state index contributed by atoms with van der Waals surface area (Å²) in [6.45, 7) is 4.12. The van der Waals surface area contributed by atoms with Gasteiger partial charge >= 0.3 is 11.9 Å². The topological polar surface area (TPSA) is 81.5 Å². The van der Waals surface area contributed by atoms with Crippen LogP contribution in [0.25, 0.3) is 11.1 Å². The molecule has 35 heavy (non-hydrogen) atoms. The van der Waals surface area contributed by atoms with Crippen LogP contribution in [0.3, 0.4) is 0 Å². The van der Waals surface area contributed by atoms with E-state index in [4.69, 9.17) is 13.9 Å². The maximum atomic E-state index is 12.3. The number of H-pyrrole nitrogens is 1. The van der Waals surface area contributed by atoms with E-state index in [1.54, 1.807) is 18.4 Å². The van der Waals surface area contributed by atoms with Gasteiger partial charge < -0.3 is 18.9 Å². The van der Waals surface area contributed by atoms with Crippen molar-refractivity contribution in [3.8, 4) is 0 Å². The first-order valence-corrected chi connectivity index (χ1v) is 13.0. The van der Waals surface area contributed by atoms with Crippen LogP contribution >= 0.6 is 0 Å². The second kappa shape index (κ2) is 17.4. The summed E-state index contributed by atoms with van der Waals surface area (Å²) >= 11 is 0. The van der Waals surface area contributed by atoms with E-state index in [0.717, 1.165) is 50.5 Å². The molecule has 0 fully saturated rings. The van der Waals surface area contributed by atoms with Gasteiger partial charge in [0, 0.05) is 18.6 Å². The Morgan fingerprint density at radius 2 is 1.69 bits per heavy atom. The number of carbonyl (C=O) groups is 2. The van der Waals surface area contributed by atoms with Gasteiger partial charge in [-0.05, 0) is 44.9 Å². The lowest BCUT2D eigenvalue weighted by atomic mass is 10.1. The van der Waals surface area contributed by atoms with Crippen molar-refractivity contribution in [1.82, 2.24) is 4.98 Å². The quantitative estimate of drug-likeness (QED) is 0.133. The molecule has 0 saturated heterocycles. The van der Waals surface area contributed by atoms with Crippen molar-refractivity contribution < 1.29 is 23.5 Å². The molecule has 1 unspecified atom stereocenters. The lowest BCUT2D eigenvalue weighted by Gasteiger charge is -2.15. The molecule has 0 radical (unpaired) electrons. The Balaban J connectivity index is 1.47. The van der Waals surface area contributed by atoms with Gasteiger partial charge in [0.15, 0.2) is 5.58 Å². The highest BCUT2D eigenvalue weighted by molar-refractivity contribution is 5.93. The van der Waals surface area contributed by atoms with Crippen LogP contribution < -0.4 is 0 Å². The van der Waals surface area contributed by atoms with Crippen molar-refractivity contribution in [3.63, 3.8) is 0 Å². The summed E-state index contributed by atoms with van der Waals surface area (Å²) in [6.07, 6.45) is 24.9. The number of fused-ring (bicyclic) bond motifs is 1. The molecule has 2 aromatic heterocycles. The van der Waals surface area contributed by atoms with Crippen molar-refractivity contribution in [2.45, 2.75) is 90.6 Å². The van der Waals surface area contributed by atoms with Crippen molar-refractivity contribution in [2.24, 2.45) is 0 Å². The Morgan fingerprint density at radius 1 is 0.971 bits per heavy atom. The highest BCUT2D eigenvalue weighted by Crippen LogP contribution is 2.17. The van der Waals surface area contributed by atoms with Crippen LogP contribution in [0.1, 0.15) is 95.0 Å². The molecule has 0 spiro atoms. The largest absolute Gasteiger partial charge is 0.463 e. The number of hydrogen-bond acceptors (Lipinski definition) is 5. The second-order valence-electron chi connectivity index (χ2n) is 8.60. The number of carbonyl (C=O) groups excluding carboxylic acids is 2. The Labute approximate surface area is 209 Å². The average Bonchev–Trinajstić information content (AvgIpc) is 3.47. The molecular formula is C29H41NO5. The number of hydrogen-bond donors (Lipinski definition) is 1. The van der Waals surface area contributed by atoms with Gasteiger partial charge in [-0.2, -0.15) is 0 Å². The minimum absolute atomic E-state index is 0.0782. The van der Waals surface area contributed by atoms with Crippen LogP contribution in [0.4, 0.5) is 0 Å². The van der Waals surface area contributed by atoms with E-state index in [1.165, 1.54) is 12.8 Å². The van der Waals surface area contributed by atoms with Gasteiger partial charge in [0.1, 0.15) is 18.4 Å². The number of aromatic amines is 1. The monoisotopic (exact) mass is 483 g/mol. The molecule has 6 nitrogen and oxygen atoms in total. The molecule has 0 saturated carbocycles. The molecular weight excluding hydrogens is 442 g/mol. The first kappa shape index (κ1) is 28.2. The second-order valence-corrected chi connectivity index (χ2v) is 8.60. The number of esters is 2. The number of furan rings is 1. The number of aromatic nitrogens is 1. The molecule has 0 amide bonds. The third-order valence-corrected chi connectivity index (χ3v) is 5.65. The highest BCUT2D eigenvalue weighted by Gasteiger charge is 2.19. The average molecular weight is 484 g/mol. The fourth-order valence-corrected chi connectivity index (χ4v) is 3.55. The van der Waals surface area contributed by atoms with Gasteiger partial charge in [-0.1, -0.05) is 69.6 Å². The molecule has 0 aliphatic carbocycles. The fourth-order valence-electron chi connectivity index (χ4n) is 3.55. The fraction of sp³-hybridized carbons (Fsp3) is 0.517. The zero-order chi connectivity index (χ0) is 25.1. The Morgan fingerprint density at radius 3 is 2.43 bits per heavy atom. The first-order chi connectivity index (χ1) is 17.1. The number of rotatable bonds is 18. The Hall–Kier alpha value is -3.02. The van der Waals surface area contributed by atoms with Crippen LogP contribution in [0.15, 0.2) is 59.3 Å². The molecule has 0 aliphatic rings. The molecule has 2 rings (SSSR count). The number of unbranched alkanes of at least 4 members (excludes halogenated alkanes) is 5. The van der Waals surface area contributed by atoms with Crippen molar-refractivity contribution >= 4 is 23.0 Å². The van der Waals surface area contributed by atoms with Crippen molar-refractivity contribution in [2.75, 3.05) is 6.61 Å². The van der Waals surface area contributed by atoms with Crippen LogP contribution in [0.2, 0.25) is 0 Å². The van der Waals surface area contributed by atoms with E-state index >= 15 is 0 Å². The van der Waals surface area contributed by atoms with Crippen molar-refractivity contribution in [1.29, 1.82) is 0 Å². The Kier molecular flexibility index (Phi) is 14.0. The molecule has 1 atom stereocenters. The third-order valence-electron chi connectivity index (χ3n) is 5.65. The van der Waals surface area contributed by atoms with E-state index in [9.17, 15) is 9.59 Å². The van der Waals surface area contributed by atoms with Gasteiger partial charge in [-0.15, -0.1) is 0 Å². The minimum Gasteiger partial charge on any atom is -0.463 e. The summed E-state index contributed by atoms with van der Waals surface area (Å²) in [5, 5.41) is 0. The summed E-state index contributed by atoms with van der Waals surface area (Å²) in [5.74, 6) is -0.719. The lowest BCUT2D eigenvalue weighted by Crippen LogP contribution is -2.24. The molecule has 1 N–H and O–H groups in total. The van der Waals surface area contributed by atoms with Gasteiger partial charge in [0.25, 0.3) is 0 Å². The van der Waals surface area contributed by atoms with E-state index < -0.39 is 12.1 Å². The van der Waals surface area contributed by atoms with Crippen molar-refractivity contribution in [3.05, 3.63) is 60.5 Å². The summed E-state index contributed by atoms with van der Waals surface area (Å²) < 4.78 is 16.0. The molecule has 192 valence electrons. The van der Waals surface area contributed by atoms with E-state index in [2.05, 4.69) is 48.4 Å². The minimum atomic E-state index is -0.481. The summed E-state index contributed by atoms with van der Waals surface area (Å²) in [4.78, 5) is 27.3. The Bertz CT molecular complexity index is 921. The molecule has 2 heterocycles.